The molecule has 0 aliphatic heterocycles. The molecule has 32 heavy (non-hydrogen) atoms. The summed E-state index contributed by atoms with van der Waals surface area (Å²) in [4.78, 5) is 39.5. The first-order valence-electron chi connectivity index (χ1n) is 10.6. The first-order valence-corrected chi connectivity index (χ1v) is 11.4. The van der Waals surface area contributed by atoms with E-state index in [0.29, 0.717) is 25.3 Å². The van der Waals surface area contributed by atoms with E-state index in [1.54, 1.807) is 6.07 Å². The van der Waals surface area contributed by atoms with Gasteiger partial charge in [0.2, 0.25) is 5.91 Å². The lowest BCUT2D eigenvalue weighted by Crippen LogP contribution is -2.50. The molecule has 0 radical (unpaired) electrons. The van der Waals surface area contributed by atoms with Crippen molar-refractivity contribution in [1.29, 1.82) is 0 Å². The molecule has 0 aliphatic rings. The van der Waals surface area contributed by atoms with Crippen LogP contribution in [0.2, 0.25) is 0 Å². The summed E-state index contributed by atoms with van der Waals surface area (Å²) in [5, 5.41) is 2.89. The van der Waals surface area contributed by atoms with Gasteiger partial charge in [-0.05, 0) is 48.5 Å². The largest absolute Gasteiger partial charge is 0.395 e. The molecule has 2 aromatic rings. The van der Waals surface area contributed by atoms with Crippen molar-refractivity contribution in [1.82, 2.24) is 9.69 Å². The van der Waals surface area contributed by atoms with Crippen molar-refractivity contribution in [2.75, 3.05) is 17.2 Å². The summed E-state index contributed by atoms with van der Waals surface area (Å²) in [5.74, 6) is -1.99. The van der Waals surface area contributed by atoms with Gasteiger partial charge in [0.15, 0.2) is 5.69 Å². The van der Waals surface area contributed by atoms with Crippen LogP contribution in [0.5, 0.6) is 0 Å². The Hall–Kier alpha value is -3.01. The standard InChI is InChI=1S/C22H30FN5O3S/c1-4-5-9-16(21(30)26-11-10-13(2)3)28(15-8-6-7-14(23)12-15)22(31)19-17(24)18(20(25)29)27-32-19/h6-8,12-13,16H,4-5,9-11,24H2,1-3H3,(H2,25,29)(H,26,30)/t16-/m0/s1. The number of nitrogens with one attached hydrogen (secondary N) is 1. The molecule has 0 fully saturated rings. The zero-order valence-electron chi connectivity index (χ0n) is 18.6. The van der Waals surface area contributed by atoms with Crippen molar-refractivity contribution in [3.05, 3.63) is 40.7 Å². The maximum absolute atomic E-state index is 14.1. The van der Waals surface area contributed by atoms with Crippen LogP contribution < -0.4 is 21.7 Å². The van der Waals surface area contributed by atoms with Gasteiger partial charge in [-0.3, -0.25) is 19.3 Å². The summed E-state index contributed by atoms with van der Waals surface area (Å²) in [7, 11) is 0. The lowest BCUT2D eigenvalue weighted by atomic mass is 10.0. The maximum atomic E-state index is 14.1. The third-order valence-corrected chi connectivity index (χ3v) is 5.78. The number of rotatable bonds is 11. The van der Waals surface area contributed by atoms with Gasteiger partial charge in [0.1, 0.15) is 16.7 Å². The van der Waals surface area contributed by atoms with E-state index in [-0.39, 0.29) is 27.9 Å². The minimum Gasteiger partial charge on any atom is -0.395 e. The van der Waals surface area contributed by atoms with Crippen LogP contribution in [0.4, 0.5) is 15.8 Å². The Labute approximate surface area is 191 Å². The molecule has 10 heteroatoms. The second-order valence-corrected chi connectivity index (χ2v) is 8.70. The summed E-state index contributed by atoms with van der Waals surface area (Å²) in [6, 6.07) is 4.55. The minimum absolute atomic E-state index is 0.0282. The fourth-order valence-corrected chi connectivity index (χ4v) is 3.92. The molecule has 5 N–H and O–H groups in total. The highest BCUT2D eigenvalue weighted by atomic mass is 32.1. The summed E-state index contributed by atoms with van der Waals surface area (Å²) in [5.41, 5.74) is 11.1. The number of carbonyl (C=O) groups is 3. The highest BCUT2D eigenvalue weighted by Gasteiger charge is 2.34. The molecule has 0 saturated heterocycles. The molecule has 1 aromatic heterocycles. The van der Waals surface area contributed by atoms with E-state index in [1.165, 1.54) is 23.1 Å². The van der Waals surface area contributed by atoms with Crippen LogP contribution in [0.15, 0.2) is 24.3 Å². The monoisotopic (exact) mass is 463 g/mol. The highest BCUT2D eigenvalue weighted by molar-refractivity contribution is 7.09. The molecule has 0 bridgehead atoms. The maximum Gasteiger partial charge on any atom is 0.272 e. The van der Waals surface area contributed by atoms with Gasteiger partial charge < -0.3 is 16.8 Å². The number of carbonyl (C=O) groups excluding carboxylic acids is 3. The van der Waals surface area contributed by atoms with Crippen molar-refractivity contribution >= 4 is 40.6 Å². The highest BCUT2D eigenvalue weighted by Crippen LogP contribution is 2.29. The van der Waals surface area contributed by atoms with Crippen LogP contribution in [-0.2, 0) is 4.79 Å². The van der Waals surface area contributed by atoms with Crippen molar-refractivity contribution in [3.63, 3.8) is 0 Å². The molecule has 3 amide bonds. The first kappa shape index (κ1) is 25.3. The number of benzene rings is 1. The molecule has 0 aliphatic carbocycles. The predicted molar refractivity (Wildman–Crippen MR) is 124 cm³/mol. The van der Waals surface area contributed by atoms with Gasteiger partial charge in [0.05, 0.1) is 5.69 Å². The second kappa shape index (κ2) is 11.6. The van der Waals surface area contributed by atoms with Crippen molar-refractivity contribution < 1.29 is 18.8 Å². The van der Waals surface area contributed by atoms with E-state index in [9.17, 15) is 18.8 Å². The van der Waals surface area contributed by atoms with Crippen LogP contribution >= 0.6 is 11.5 Å². The zero-order valence-corrected chi connectivity index (χ0v) is 19.4. The Morgan fingerprint density at radius 2 is 1.97 bits per heavy atom. The topological polar surface area (TPSA) is 131 Å². The Morgan fingerprint density at radius 3 is 2.53 bits per heavy atom. The van der Waals surface area contributed by atoms with E-state index >= 15 is 0 Å². The van der Waals surface area contributed by atoms with Gasteiger partial charge in [-0.1, -0.05) is 39.7 Å². The van der Waals surface area contributed by atoms with Crippen molar-refractivity contribution in [2.24, 2.45) is 11.7 Å². The minimum atomic E-state index is -0.894. The smallest absolute Gasteiger partial charge is 0.272 e. The van der Waals surface area contributed by atoms with Gasteiger partial charge in [-0.2, -0.15) is 4.37 Å². The molecule has 1 atom stereocenters. The number of nitrogens with zero attached hydrogens (tertiary/aromatic N) is 2. The number of halogens is 1. The predicted octanol–water partition coefficient (Wildman–Crippen LogP) is 3.33. The molecule has 0 spiro atoms. The number of unbranched alkanes of at least 4 members (excludes halogenated alkanes) is 1. The molecule has 2 rings (SSSR count). The third kappa shape index (κ3) is 6.25. The van der Waals surface area contributed by atoms with Crippen molar-refractivity contribution in [2.45, 2.75) is 52.5 Å². The lowest BCUT2D eigenvalue weighted by Gasteiger charge is -2.31. The molecular weight excluding hydrogens is 433 g/mol. The summed E-state index contributed by atoms with van der Waals surface area (Å²) in [6.45, 7) is 6.53. The fraction of sp³-hybridized carbons (Fsp3) is 0.455. The molecule has 0 saturated carbocycles. The van der Waals surface area contributed by atoms with Crippen LogP contribution in [0.1, 0.15) is 66.6 Å². The lowest BCUT2D eigenvalue weighted by molar-refractivity contribution is -0.122. The van der Waals surface area contributed by atoms with Crippen LogP contribution in [-0.4, -0.2) is 34.7 Å². The zero-order chi connectivity index (χ0) is 23.8. The fourth-order valence-electron chi connectivity index (χ4n) is 3.18. The number of hydrogen-bond acceptors (Lipinski definition) is 6. The quantitative estimate of drug-likeness (QED) is 0.470. The molecule has 0 unspecified atom stereocenters. The number of primary amides is 1. The van der Waals surface area contributed by atoms with Gasteiger partial charge in [0, 0.05) is 12.2 Å². The summed E-state index contributed by atoms with van der Waals surface area (Å²) < 4.78 is 17.9. The Morgan fingerprint density at radius 1 is 1.25 bits per heavy atom. The number of anilines is 2. The van der Waals surface area contributed by atoms with E-state index in [4.69, 9.17) is 11.5 Å². The van der Waals surface area contributed by atoms with Gasteiger partial charge >= 0.3 is 0 Å². The molecule has 1 aromatic carbocycles. The first-order chi connectivity index (χ1) is 15.2. The Balaban J connectivity index is 2.50. The molecule has 1 heterocycles. The van der Waals surface area contributed by atoms with Crippen LogP contribution in [0.25, 0.3) is 0 Å². The summed E-state index contributed by atoms with van der Waals surface area (Å²) in [6.07, 6.45) is 2.62. The number of nitrogens with two attached hydrogens (primary N) is 2. The van der Waals surface area contributed by atoms with Gasteiger partial charge in [0.25, 0.3) is 11.8 Å². The van der Waals surface area contributed by atoms with Gasteiger partial charge in [-0.25, -0.2) is 4.39 Å². The van der Waals surface area contributed by atoms with E-state index in [1.807, 2.05) is 20.8 Å². The Bertz CT molecular complexity index is 963. The second-order valence-electron chi connectivity index (χ2n) is 7.92. The average Bonchev–Trinajstić information content (AvgIpc) is 3.11. The summed E-state index contributed by atoms with van der Waals surface area (Å²) >= 11 is 0.722. The van der Waals surface area contributed by atoms with Crippen LogP contribution in [0, 0.1) is 11.7 Å². The van der Waals surface area contributed by atoms with E-state index in [2.05, 4.69) is 9.69 Å². The van der Waals surface area contributed by atoms with Crippen molar-refractivity contribution in [3.8, 4) is 0 Å². The number of hydrogen-bond donors (Lipinski definition) is 3. The number of aromatic nitrogens is 1. The molecule has 8 nitrogen and oxygen atoms in total. The Kier molecular flexibility index (Phi) is 9.13. The van der Waals surface area contributed by atoms with E-state index < -0.39 is 23.7 Å². The number of amides is 3. The SMILES string of the molecule is CCCC[C@@H](C(=O)NCCC(C)C)N(C(=O)c1snc(C(N)=O)c1N)c1cccc(F)c1. The normalized spacial score (nSPS) is 11.9. The van der Waals surface area contributed by atoms with Crippen LogP contribution in [0.3, 0.4) is 0 Å². The average molecular weight is 464 g/mol. The van der Waals surface area contributed by atoms with E-state index in [0.717, 1.165) is 24.4 Å². The van der Waals surface area contributed by atoms with Gasteiger partial charge in [-0.15, -0.1) is 0 Å². The number of nitrogen functional groups attached to an aromatic ring is 1. The molecule has 174 valence electrons. The molecular formula is C22H30FN5O3S. The third-order valence-electron chi connectivity index (χ3n) is 4.93.